The maximum Gasteiger partial charge on any atom is 0.0846 e. The molecule has 1 heterocycles. The van der Waals surface area contributed by atoms with Crippen LogP contribution in [0.2, 0.25) is 0 Å². The zero-order valence-electron chi connectivity index (χ0n) is 17.2. The van der Waals surface area contributed by atoms with Crippen LogP contribution >= 0.6 is 0 Å². The summed E-state index contributed by atoms with van der Waals surface area (Å²) in [7, 11) is 0. The summed E-state index contributed by atoms with van der Waals surface area (Å²) >= 11 is 0. The van der Waals surface area contributed by atoms with Crippen LogP contribution in [0.4, 0.5) is 0 Å². The Morgan fingerprint density at radius 1 is 1.00 bits per heavy atom. The number of hydrogen-bond donors (Lipinski definition) is 0. The van der Waals surface area contributed by atoms with E-state index < -0.39 is 0 Å². The summed E-state index contributed by atoms with van der Waals surface area (Å²) < 4.78 is 0. The van der Waals surface area contributed by atoms with Crippen LogP contribution in [0.15, 0.2) is 30.3 Å². The van der Waals surface area contributed by atoms with Crippen LogP contribution in [0.5, 0.6) is 0 Å². The predicted molar refractivity (Wildman–Crippen MR) is 110 cm³/mol. The van der Waals surface area contributed by atoms with Gasteiger partial charge in [-0.05, 0) is 78.6 Å². The number of likely N-dealkylation sites (tertiary alicyclic amines) is 1. The van der Waals surface area contributed by atoms with Gasteiger partial charge in [-0.3, -0.25) is 4.90 Å². The number of nitriles is 1. The zero-order valence-corrected chi connectivity index (χ0v) is 17.2. The molecule has 0 spiro atoms. The summed E-state index contributed by atoms with van der Waals surface area (Å²) in [6.45, 7) is 13.4. The van der Waals surface area contributed by atoms with E-state index in [9.17, 15) is 5.26 Å². The summed E-state index contributed by atoms with van der Waals surface area (Å²) in [5.74, 6) is 0. The number of piperidine rings is 1. The first-order chi connectivity index (χ1) is 12.5. The van der Waals surface area contributed by atoms with Crippen molar-refractivity contribution in [2.45, 2.75) is 77.3 Å². The minimum atomic E-state index is -0.388. The largest absolute Gasteiger partial charge is 0.303 e. The van der Waals surface area contributed by atoms with Gasteiger partial charge in [-0.2, -0.15) is 5.26 Å². The van der Waals surface area contributed by atoms with Gasteiger partial charge in [0.05, 0.1) is 11.5 Å². The van der Waals surface area contributed by atoms with Crippen LogP contribution < -0.4 is 0 Å². The first-order valence-electron chi connectivity index (χ1n) is 10.4. The average molecular weight is 356 g/mol. The van der Waals surface area contributed by atoms with Crippen molar-refractivity contribution in [2.24, 2.45) is 0 Å². The molecule has 0 amide bonds. The molecule has 1 fully saturated rings. The van der Waals surface area contributed by atoms with Gasteiger partial charge >= 0.3 is 0 Å². The van der Waals surface area contributed by atoms with Gasteiger partial charge < -0.3 is 4.90 Å². The predicted octanol–water partition coefficient (Wildman–Crippen LogP) is 4.83. The zero-order chi connectivity index (χ0) is 19.0. The highest BCUT2D eigenvalue weighted by Gasteiger charge is 2.33. The number of rotatable bonds is 9. The molecule has 0 radical (unpaired) electrons. The van der Waals surface area contributed by atoms with Crippen LogP contribution in [0, 0.1) is 11.3 Å². The SMILES string of the molecule is CC(C)N(CCC(C#N)(CCN1CCCCC1)c1ccccc1)C(C)C. The molecular weight excluding hydrogens is 318 g/mol. The lowest BCUT2D eigenvalue weighted by atomic mass is 9.75. The van der Waals surface area contributed by atoms with E-state index in [0.29, 0.717) is 12.1 Å². The standard InChI is InChI=1S/C23H37N3/c1-20(2)26(21(3)4)18-14-23(19-24,22-11-7-5-8-12-22)13-17-25-15-9-6-10-16-25/h5,7-8,11-12,20-21H,6,9-10,13-18H2,1-4H3. The molecule has 1 aromatic rings. The average Bonchev–Trinajstić information content (AvgIpc) is 2.65. The third-order valence-corrected chi connectivity index (χ3v) is 5.97. The number of nitrogens with zero attached hydrogens (tertiary/aromatic N) is 3. The van der Waals surface area contributed by atoms with Crippen LogP contribution in [0.1, 0.15) is 65.4 Å². The van der Waals surface area contributed by atoms with E-state index in [1.54, 1.807) is 0 Å². The van der Waals surface area contributed by atoms with E-state index in [1.165, 1.54) is 37.9 Å². The molecule has 1 atom stereocenters. The Balaban J connectivity index is 2.15. The maximum absolute atomic E-state index is 10.3. The quantitative estimate of drug-likeness (QED) is 0.635. The van der Waals surface area contributed by atoms with Crippen molar-refractivity contribution in [3.8, 4) is 6.07 Å². The van der Waals surface area contributed by atoms with Gasteiger partial charge in [-0.15, -0.1) is 0 Å². The molecule has 0 saturated carbocycles. The number of benzene rings is 1. The third kappa shape index (κ3) is 5.56. The van der Waals surface area contributed by atoms with Gasteiger partial charge in [-0.1, -0.05) is 36.8 Å². The second-order valence-corrected chi connectivity index (χ2v) is 8.39. The van der Waals surface area contributed by atoms with E-state index in [2.05, 4.69) is 67.8 Å². The van der Waals surface area contributed by atoms with Crippen LogP contribution in [0.25, 0.3) is 0 Å². The molecule has 0 aromatic heterocycles. The highest BCUT2D eigenvalue weighted by Crippen LogP contribution is 2.33. The molecule has 3 heteroatoms. The minimum Gasteiger partial charge on any atom is -0.303 e. The Bertz CT molecular complexity index is 547. The number of hydrogen-bond acceptors (Lipinski definition) is 3. The van der Waals surface area contributed by atoms with Crippen molar-refractivity contribution in [1.29, 1.82) is 5.26 Å². The van der Waals surface area contributed by atoms with E-state index in [1.807, 2.05) is 6.07 Å². The monoisotopic (exact) mass is 355 g/mol. The van der Waals surface area contributed by atoms with Crippen molar-refractivity contribution in [3.05, 3.63) is 35.9 Å². The molecule has 0 N–H and O–H groups in total. The smallest absolute Gasteiger partial charge is 0.0846 e. The highest BCUT2D eigenvalue weighted by molar-refractivity contribution is 5.32. The lowest BCUT2D eigenvalue weighted by molar-refractivity contribution is 0.155. The third-order valence-electron chi connectivity index (χ3n) is 5.97. The molecule has 26 heavy (non-hydrogen) atoms. The molecule has 2 rings (SSSR count). The molecule has 1 aliphatic heterocycles. The van der Waals surface area contributed by atoms with Crippen LogP contribution in [-0.2, 0) is 5.41 Å². The molecule has 1 unspecified atom stereocenters. The van der Waals surface area contributed by atoms with Crippen LogP contribution in [0.3, 0.4) is 0 Å². The van der Waals surface area contributed by atoms with Crippen molar-refractivity contribution in [1.82, 2.24) is 9.80 Å². The van der Waals surface area contributed by atoms with Crippen LogP contribution in [-0.4, -0.2) is 48.1 Å². The molecule has 0 bridgehead atoms. The fourth-order valence-electron chi connectivity index (χ4n) is 4.31. The van der Waals surface area contributed by atoms with Crippen molar-refractivity contribution in [2.75, 3.05) is 26.2 Å². The van der Waals surface area contributed by atoms with Gasteiger partial charge in [0.2, 0.25) is 0 Å². The van der Waals surface area contributed by atoms with Crippen molar-refractivity contribution >= 4 is 0 Å². The Hall–Kier alpha value is -1.37. The molecular formula is C23H37N3. The summed E-state index contributed by atoms with van der Waals surface area (Å²) in [6, 6.07) is 14.2. The minimum absolute atomic E-state index is 0.388. The summed E-state index contributed by atoms with van der Waals surface area (Å²) in [4.78, 5) is 5.07. The van der Waals surface area contributed by atoms with Gasteiger partial charge in [0.25, 0.3) is 0 Å². The molecule has 0 aliphatic carbocycles. The Labute approximate surface area is 161 Å². The molecule has 1 aromatic carbocycles. The summed E-state index contributed by atoms with van der Waals surface area (Å²) in [6.07, 6.45) is 5.80. The Kier molecular flexibility index (Phi) is 8.13. The summed E-state index contributed by atoms with van der Waals surface area (Å²) in [5, 5.41) is 10.3. The molecule has 1 aliphatic rings. The normalized spacial score (nSPS) is 18.2. The van der Waals surface area contributed by atoms with Gasteiger partial charge in [0.1, 0.15) is 0 Å². The van der Waals surface area contributed by atoms with Gasteiger partial charge in [-0.25, -0.2) is 0 Å². The highest BCUT2D eigenvalue weighted by atomic mass is 15.2. The lowest BCUT2D eigenvalue weighted by Crippen LogP contribution is -2.42. The second kappa shape index (κ2) is 10.1. The second-order valence-electron chi connectivity index (χ2n) is 8.39. The summed E-state index contributed by atoms with van der Waals surface area (Å²) in [5.41, 5.74) is 0.799. The van der Waals surface area contributed by atoms with E-state index in [4.69, 9.17) is 0 Å². The van der Waals surface area contributed by atoms with Crippen molar-refractivity contribution < 1.29 is 0 Å². The van der Waals surface area contributed by atoms with E-state index in [-0.39, 0.29) is 5.41 Å². The first-order valence-corrected chi connectivity index (χ1v) is 10.4. The maximum atomic E-state index is 10.3. The fourth-order valence-corrected chi connectivity index (χ4v) is 4.31. The molecule has 144 valence electrons. The lowest BCUT2D eigenvalue weighted by Gasteiger charge is -2.36. The topological polar surface area (TPSA) is 30.3 Å². The van der Waals surface area contributed by atoms with Gasteiger partial charge in [0.15, 0.2) is 0 Å². The molecule has 1 saturated heterocycles. The van der Waals surface area contributed by atoms with E-state index in [0.717, 1.165) is 25.9 Å². The van der Waals surface area contributed by atoms with Crippen molar-refractivity contribution in [3.63, 3.8) is 0 Å². The fraction of sp³-hybridized carbons (Fsp3) is 0.696. The first kappa shape index (κ1) is 20.9. The Morgan fingerprint density at radius 3 is 2.15 bits per heavy atom. The van der Waals surface area contributed by atoms with Gasteiger partial charge in [0, 0.05) is 18.6 Å². The van der Waals surface area contributed by atoms with E-state index >= 15 is 0 Å². The Morgan fingerprint density at radius 2 is 1.62 bits per heavy atom. The molecule has 3 nitrogen and oxygen atoms in total.